The molecule has 0 heterocycles. The van der Waals surface area contributed by atoms with Gasteiger partial charge in [0.15, 0.2) is 0 Å². The average Bonchev–Trinajstić information content (AvgIpc) is 2.70. The highest BCUT2D eigenvalue weighted by molar-refractivity contribution is 5.92. The second-order valence-corrected chi connectivity index (χ2v) is 9.76. The number of carbonyl (C=O) groups excluding carboxylic acids is 2. The van der Waals surface area contributed by atoms with Crippen LogP contribution in [0.1, 0.15) is 76.3 Å². The Morgan fingerprint density at radius 2 is 1.52 bits per heavy atom. The minimum absolute atomic E-state index is 0.0460. The van der Waals surface area contributed by atoms with Crippen molar-refractivity contribution < 1.29 is 9.59 Å². The number of para-hydroxylation sites is 1. The summed E-state index contributed by atoms with van der Waals surface area (Å²) in [6, 6.07) is 6.23. The number of hydrogen-bond acceptors (Lipinski definition) is 2. The van der Waals surface area contributed by atoms with Gasteiger partial charge in [-0.2, -0.15) is 0 Å². The van der Waals surface area contributed by atoms with E-state index in [0.29, 0.717) is 19.4 Å². The Kier molecular flexibility index (Phi) is 5.98. The Hall–Kier alpha value is -1.84. The van der Waals surface area contributed by atoms with E-state index in [4.69, 9.17) is 0 Å². The van der Waals surface area contributed by atoms with Crippen LogP contribution in [-0.2, 0) is 22.4 Å². The molecule has 0 atom stereocenters. The third kappa shape index (κ3) is 4.22. The van der Waals surface area contributed by atoms with Crippen molar-refractivity contribution in [3.63, 3.8) is 0 Å². The van der Waals surface area contributed by atoms with Crippen molar-refractivity contribution in [2.75, 3.05) is 11.9 Å². The van der Waals surface area contributed by atoms with Crippen LogP contribution in [0.15, 0.2) is 18.2 Å². The summed E-state index contributed by atoms with van der Waals surface area (Å²) in [5.74, 6) is 2.66. The third-order valence-corrected chi connectivity index (χ3v) is 7.65. The molecule has 5 rings (SSSR count). The number of rotatable bonds is 8. The lowest BCUT2D eigenvalue weighted by molar-refractivity contribution is -0.146. The summed E-state index contributed by atoms with van der Waals surface area (Å²) >= 11 is 0. The molecular weight excluding hydrogens is 360 g/mol. The second kappa shape index (κ2) is 8.49. The molecule has 0 aliphatic heterocycles. The van der Waals surface area contributed by atoms with Crippen LogP contribution >= 0.6 is 0 Å². The van der Waals surface area contributed by atoms with Gasteiger partial charge in [0, 0.05) is 24.1 Å². The van der Waals surface area contributed by atoms with Gasteiger partial charge in [0.2, 0.25) is 11.8 Å². The Bertz CT molecular complexity index is 713. The fraction of sp³-hybridized carbons (Fsp3) is 0.680. The summed E-state index contributed by atoms with van der Waals surface area (Å²) in [5.41, 5.74) is 3.27. The van der Waals surface area contributed by atoms with Crippen LogP contribution in [0.3, 0.4) is 0 Å². The Morgan fingerprint density at radius 1 is 0.966 bits per heavy atom. The van der Waals surface area contributed by atoms with E-state index in [0.717, 1.165) is 55.5 Å². The molecule has 4 aliphatic rings. The van der Waals surface area contributed by atoms with Gasteiger partial charge >= 0.3 is 0 Å². The fourth-order valence-corrected chi connectivity index (χ4v) is 6.63. The highest BCUT2D eigenvalue weighted by Gasteiger charge is 2.54. The summed E-state index contributed by atoms with van der Waals surface area (Å²) in [6.45, 7) is 4.83. The number of nitrogens with one attached hydrogen (secondary N) is 2. The van der Waals surface area contributed by atoms with Gasteiger partial charge < -0.3 is 10.6 Å². The number of carbonyl (C=O) groups is 2. The van der Waals surface area contributed by atoms with Crippen LogP contribution in [0.5, 0.6) is 0 Å². The van der Waals surface area contributed by atoms with Crippen LogP contribution < -0.4 is 10.6 Å². The molecule has 1 aromatic rings. The molecule has 0 saturated heterocycles. The van der Waals surface area contributed by atoms with E-state index >= 15 is 0 Å². The molecule has 1 aromatic carbocycles. The standard InChI is InChI=1S/C25H36N2O2/c1-3-20-7-5-8-21(4-2)23(20)27-22(28)9-6-10-26-24(29)25-14-17-11-18(15-25)13-19(12-17)16-25/h5,7-8,17-19H,3-4,6,9-16H2,1-2H3,(H,26,29)(H,27,28). The summed E-state index contributed by atoms with van der Waals surface area (Å²) in [7, 11) is 0. The number of anilines is 1. The molecular formula is C25H36N2O2. The molecule has 0 spiro atoms. The van der Waals surface area contributed by atoms with Gasteiger partial charge in [-0.25, -0.2) is 0 Å². The first-order valence-electron chi connectivity index (χ1n) is 11.7. The van der Waals surface area contributed by atoms with E-state index in [1.54, 1.807) is 0 Å². The minimum Gasteiger partial charge on any atom is -0.356 e. The van der Waals surface area contributed by atoms with Gasteiger partial charge in [0.25, 0.3) is 0 Å². The molecule has 4 fully saturated rings. The van der Waals surface area contributed by atoms with E-state index in [2.05, 4.69) is 42.7 Å². The average molecular weight is 397 g/mol. The molecule has 4 aliphatic carbocycles. The highest BCUT2D eigenvalue weighted by Crippen LogP contribution is 2.60. The SMILES string of the molecule is CCc1cccc(CC)c1NC(=O)CCCNC(=O)C12CC3CC(CC(C3)C1)C2. The van der Waals surface area contributed by atoms with Crippen molar-refractivity contribution in [1.82, 2.24) is 5.32 Å². The van der Waals surface area contributed by atoms with Crippen LogP contribution in [0.4, 0.5) is 5.69 Å². The molecule has 4 heteroatoms. The van der Waals surface area contributed by atoms with Crippen molar-refractivity contribution in [1.29, 1.82) is 0 Å². The Morgan fingerprint density at radius 3 is 2.03 bits per heavy atom. The predicted octanol–water partition coefficient (Wildman–Crippen LogP) is 4.86. The molecule has 0 aromatic heterocycles. The quantitative estimate of drug-likeness (QED) is 0.616. The van der Waals surface area contributed by atoms with Crippen molar-refractivity contribution in [2.45, 2.75) is 78.1 Å². The molecule has 158 valence electrons. The monoisotopic (exact) mass is 396 g/mol. The fourth-order valence-electron chi connectivity index (χ4n) is 6.63. The summed E-state index contributed by atoms with van der Waals surface area (Å²) in [4.78, 5) is 25.5. The molecule has 2 amide bonds. The van der Waals surface area contributed by atoms with Gasteiger partial charge in [-0.05, 0) is 86.7 Å². The summed E-state index contributed by atoms with van der Waals surface area (Å²) in [6.07, 6.45) is 10.3. The summed E-state index contributed by atoms with van der Waals surface area (Å²) in [5, 5.41) is 6.31. The number of amides is 2. The first-order valence-corrected chi connectivity index (χ1v) is 11.7. The number of benzene rings is 1. The lowest BCUT2D eigenvalue weighted by atomic mass is 9.49. The van der Waals surface area contributed by atoms with Gasteiger partial charge in [0.1, 0.15) is 0 Å². The van der Waals surface area contributed by atoms with Crippen LogP contribution in [-0.4, -0.2) is 18.4 Å². The number of hydrogen-bond donors (Lipinski definition) is 2. The molecule has 4 bridgehead atoms. The smallest absolute Gasteiger partial charge is 0.226 e. The van der Waals surface area contributed by atoms with Crippen LogP contribution in [0.25, 0.3) is 0 Å². The van der Waals surface area contributed by atoms with Gasteiger partial charge in [-0.15, -0.1) is 0 Å². The van der Waals surface area contributed by atoms with E-state index < -0.39 is 0 Å². The van der Waals surface area contributed by atoms with Crippen molar-refractivity contribution >= 4 is 17.5 Å². The third-order valence-electron chi connectivity index (χ3n) is 7.65. The van der Waals surface area contributed by atoms with Crippen LogP contribution in [0, 0.1) is 23.2 Å². The molecule has 4 saturated carbocycles. The second-order valence-electron chi connectivity index (χ2n) is 9.76. The van der Waals surface area contributed by atoms with E-state index in [-0.39, 0.29) is 17.2 Å². The number of aryl methyl sites for hydroxylation is 2. The Balaban J connectivity index is 1.25. The topological polar surface area (TPSA) is 58.2 Å². The lowest BCUT2D eigenvalue weighted by Crippen LogP contribution is -2.53. The minimum atomic E-state index is -0.0902. The van der Waals surface area contributed by atoms with Crippen molar-refractivity contribution in [2.24, 2.45) is 23.2 Å². The normalized spacial score (nSPS) is 29.7. The Labute approximate surface area is 175 Å². The first-order chi connectivity index (χ1) is 14.0. The molecule has 2 N–H and O–H groups in total. The molecule has 0 radical (unpaired) electrons. The largest absolute Gasteiger partial charge is 0.356 e. The van der Waals surface area contributed by atoms with Crippen LogP contribution in [0.2, 0.25) is 0 Å². The maximum Gasteiger partial charge on any atom is 0.226 e. The maximum atomic E-state index is 13.0. The first kappa shape index (κ1) is 20.4. The predicted molar refractivity (Wildman–Crippen MR) is 117 cm³/mol. The lowest BCUT2D eigenvalue weighted by Gasteiger charge is -2.55. The zero-order valence-corrected chi connectivity index (χ0v) is 18.1. The van der Waals surface area contributed by atoms with Gasteiger partial charge in [0.05, 0.1) is 0 Å². The molecule has 4 nitrogen and oxygen atoms in total. The molecule has 0 unspecified atom stereocenters. The van der Waals surface area contributed by atoms with E-state index in [1.165, 1.54) is 30.4 Å². The highest BCUT2D eigenvalue weighted by atomic mass is 16.2. The zero-order valence-electron chi connectivity index (χ0n) is 18.1. The van der Waals surface area contributed by atoms with Crippen molar-refractivity contribution in [3.05, 3.63) is 29.3 Å². The zero-order chi connectivity index (χ0) is 20.4. The van der Waals surface area contributed by atoms with Gasteiger partial charge in [-0.3, -0.25) is 9.59 Å². The summed E-state index contributed by atoms with van der Waals surface area (Å²) < 4.78 is 0. The maximum absolute atomic E-state index is 13.0. The van der Waals surface area contributed by atoms with E-state index in [1.807, 2.05) is 0 Å². The van der Waals surface area contributed by atoms with E-state index in [9.17, 15) is 9.59 Å². The molecule has 29 heavy (non-hydrogen) atoms. The van der Waals surface area contributed by atoms with Gasteiger partial charge in [-0.1, -0.05) is 32.0 Å². The van der Waals surface area contributed by atoms with Crippen molar-refractivity contribution in [3.8, 4) is 0 Å².